The Kier molecular flexibility index (Phi) is 2.59. The van der Waals surface area contributed by atoms with Gasteiger partial charge in [0.25, 0.3) is 0 Å². The highest BCUT2D eigenvalue weighted by Gasteiger charge is 2.29. The maximum absolute atomic E-state index is 4.54. The Morgan fingerprint density at radius 2 is 2.31 bits per heavy atom. The van der Waals surface area contributed by atoms with E-state index in [0.29, 0.717) is 6.04 Å². The lowest BCUT2D eigenvalue weighted by Crippen LogP contribution is -2.38. The average molecular weight is 220 g/mol. The Hall–Kier alpha value is -1.03. The van der Waals surface area contributed by atoms with Crippen LogP contribution >= 0.6 is 0 Å². The first-order valence-corrected chi connectivity index (χ1v) is 6.35. The average Bonchev–Trinajstić information content (AvgIpc) is 2.73. The molecule has 2 aliphatic heterocycles. The van der Waals surface area contributed by atoms with Crippen molar-refractivity contribution >= 4 is 5.82 Å². The van der Waals surface area contributed by atoms with Gasteiger partial charge in [-0.2, -0.15) is 5.10 Å². The summed E-state index contributed by atoms with van der Waals surface area (Å²) < 4.78 is 2.22. The highest BCUT2D eigenvalue weighted by atomic mass is 15.4. The van der Waals surface area contributed by atoms with E-state index in [1.807, 2.05) is 6.20 Å². The van der Waals surface area contributed by atoms with Gasteiger partial charge in [0, 0.05) is 12.1 Å². The van der Waals surface area contributed by atoms with E-state index < -0.39 is 0 Å². The summed E-state index contributed by atoms with van der Waals surface area (Å²) in [5.74, 6) is 2.00. The summed E-state index contributed by atoms with van der Waals surface area (Å²) in [4.78, 5) is 0. The molecule has 1 aromatic heterocycles. The second-order valence-corrected chi connectivity index (χ2v) is 5.01. The lowest BCUT2D eigenvalue weighted by atomic mass is 9.89. The smallest absolute Gasteiger partial charge is 0.127 e. The molecule has 0 aromatic carbocycles. The summed E-state index contributed by atoms with van der Waals surface area (Å²) in [5.41, 5.74) is 1.27. The fourth-order valence-electron chi connectivity index (χ4n) is 3.02. The van der Waals surface area contributed by atoms with Crippen molar-refractivity contribution in [3.05, 3.63) is 11.8 Å². The van der Waals surface area contributed by atoms with Gasteiger partial charge in [-0.15, -0.1) is 0 Å². The molecule has 1 saturated heterocycles. The summed E-state index contributed by atoms with van der Waals surface area (Å²) in [5, 5.41) is 11.5. The Balaban J connectivity index is 1.86. The minimum Gasteiger partial charge on any atom is -0.370 e. The SMILES string of the molecule is Cc1cnn2c1NCCC2C1CCCNC1. The predicted octanol–water partition coefficient (Wildman–Crippen LogP) is 1.55. The van der Waals surface area contributed by atoms with Crippen molar-refractivity contribution in [3.63, 3.8) is 0 Å². The van der Waals surface area contributed by atoms with Crippen molar-refractivity contribution in [2.45, 2.75) is 32.2 Å². The number of fused-ring (bicyclic) bond motifs is 1. The zero-order valence-corrected chi connectivity index (χ0v) is 9.87. The molecule has 1 fully saturated rings. The Bertz CT molecular complexity index is 365. The fraction of sp³-hybridized carbons (Fsp3) is 0.750. The first-order valence-electron chi connectivity index (χ1n) is 6.35. The van der Waals surface area contributed by atoms with Crippen LogP contribution in [0.25, 0.3) is 0 Å². The van der Waals surface area contributed by atoms with Crippen molar-refractivity contribution in [3.8, 4) is 0 Å². The van der Waals surface area contributed by atoms with Gasteiger partial charge in [0.05, 0.1) is 12.2 Å². The van der Waals surface area contributed by atoms with Gasteiger partial charge >= 0.3 is 0 Å². The molecule has 2 unspecified atom stereocenters. The number of piperidine rings is 1. The van der Waals surface area contributed by atoms with Crippen LogP contribution in [-0.2, 0) is 0 Å². The minimum absolute atomic E-state index is 0.595. The predicted molar refractivity (Wildman–Crippen MR) is 64.7 cm³/mol. The number of aryl methyl sites for hydroxylation is 1. The lowest BCUT2D eigenvalue weighted by Gasteiger charge is -2.35. The summed E-state index contributed by atoms with van der Waals surface area (Å²) in [6, 6.07) is 0.595. The van der Waals surface area contributed by atoms with E-state index in [0.717, 1.165) is 19.0 Å². The first kappa shape index (κ1) is 10.1. The van der Waals surface area contributed by atoms with Crippen LogP contribution in [0, 0.1) is 12.8 Å². The Morgan fingerprint density at radius 3 is 3.12 bits per heavy atom. The number of nitrogens with zero attached hydrogens (tertiary/aromatic N) is 2. The van der Waals surface area contributed by atoms with E-state index in [9.17, 15) is 0 Å². The molecule has 3 heterocycles. The van der Waals surface area contributed by atoms with Crippen LogP contribution in [0.4, 0.5) is 5.82 Å². The van der Waals surface area contributed by atoms with Crippen LogP contribution in [-0.4, -0.2) is 29.4 Å². The van der Waals surface area contributed by atoms with Crippen molar-refractivity contribution in [2.75, 3.05) is 25.0 Å². The van der Waals surface area contributed by atoms with Gasteiger partial charge in [0.15, 0.2) is 0 Å². The largest absolute Gasteiger partial charge is 0.370 e. The molecular weight excluding hydrogens is 200 g/mol. The second-order valence-electron chi connectivity index (χ2n) is 5.01. The molecule has 88 valence electrons. The molecule has 2 atom stereocenters. The number of hydrogen-bond acceptors (Lipinski definition) is 3. The molecule has 2 aliphatic rings. The van der Waals surface area contributed by atoms with Crippen LogP contribution < -0.4 is 10.6 Å². The number of hydrogen-bond donors (Lipinski definition) is 2. The van der Waals surface area contributed by atoms with Gasteiger partial charge in [0.1, 0.15) is 5.82 Å². The molecule has 4 nitrogen and oxygen atoms in total. The zero-order chi connectivity index (χ0) is 11.0. The fourth-order valence-corrected chi connectivity index (χ4v) is 3.02. The third kappa shape index (κ3) is 1.61. The highest BCUT2D eigenvalue weighted by Crippen LogP contribution is 2.33. The van der Waals surface area contributed by atoms with Crippen LogP contribution in [0.1, 0.15) is 30.9 Å². The summed E-state index contributed by atoms with van der Waals surface area (Å²) >= 11 is 0. The standard InChI is InChI=1S/C12H20N4/c1-9-7-15-16-11(4-6-14-12(9)16)10-3-2-5-13-8-10/h7,10-11,13-14H,2-6,8H2,1H3. The molecule has 3 rings (SSSR count). The Labute approximate surface area is 96.4 Å². The third-order valence-electron chi connectivity index (χ3n) is 3.90. The van der Waals surface area contributed by atoms with E-state index in [-0.39, 0.29) is 0 Å². The zero-order valence-electron chi connectivity index (χ0n) is 9.87. The van der Waals surface area contributed by atoms with Gasteiger partial charge in [-0.05, 0) is 45.2 Å². The second kappa shape index (κ2) is 4.09. The van der Waals surface area contributed by atoms with Gasteiger partial charge in [-0.25, -0.2) is 4.68 Å². The molecule has 4 heteroatoms. The minimum atomic E-state index is 0.595. The van der Waals surface area contributed by atoms with Crippen molar-refractivity contribution in [1.29, 1.82) is 0 Å². The van der Waals surface area contributed by atoms with Crippen LogP contribution in [0.2, 0.25) is 0 Å². The van der Waals surface area contributed by atoms with Crippen molar-refractivity contribution in [1.82, 2.24) is 15.1 Å². The number of nitrogens with one attached hydrogen (secondary N) is 2. The van der Waals surface area contributed by atoms with Crippen LogP contribution in [0.5, 0.6) is 0 Å². The number of rotatable bonds is 1. The number of anilines is 1. The molecule has 0 saturated carbocycles. The van der Waals surface area contributed by atoms with E-state index in [4.69, 9.17) is 0 Å². The highest BCUT2D eigenvalue weighted by molar-refractivity contribution is 5.44. The first-order chi connectivity index (χ1) is 7.86. The molecule has 0 aliphatic carbocycles. The lowest BCUT2D eigenvalue weighted by molar-refractivity contribution is 0.235. The molecule has 0 bridgehead atoms. The molecular formula is C12H20N4. The maximum atomic E-state index is 4.54. The normalized spacial score (nSPS) is 29.6. The van der Waals surface area contributed by atoms with Gasteiger partial charge in [0.2, 0.25) is 0 Å². The van der Waals surface area contributed by atoms with E-state index in [1.54, 1.807) is 0 Å². The summed E-state index contributed by atoms with van der Waals surface area (Å²) in [6.07, 6.45) is 5.84. The molecule has 1 aromatic rings. The van der Waals surface area contributed by atoms with Gasteiger partial charge in [-0.1, -0.05) is 0 Å². The van der Waals surface area contributed by atoms with Crippen LogP contribution in [0.15, 0.2) is 6.20 Å². The van der Waals surface area contributed by atoms with E-state index >= 15 is 0 Å². The molecule has 0 amide bonds. The van der Waals surface area contributed by atoms with Crippen molar-refractivity contribution < 1.29 is 0 Å². The van der Waals surface area contributed by atoms with Gasteiger partial charge in [-0.3, -0.25) is 0 Å². The third-order valence-corrected chi connectivity index (χ3v) is 3.90. The quantitative estimate of drug-likeness (QED) is 0.754. The van der Waals surface area contributed by atoms with Crippen LogP contribution in [0.3, 0.4) is 0 Å². The Morgan fingerprint density at radius 1 is 1.38 bits per heavy atom. The molecule has 2 N–H and O–H groups in total. The topological polar surface area (TPSA) is 41.9 Å². The summed E-state index contributed by atoms with van der Waals surface area (Å²) in [7, 11) is 0. The van der Waals surface area contributed by atoms with Gasteiger partial charge < -0.3 is 10.6 Å². The maximum Gasteiger partial charge on any atom is 0.127 e. The monoisotopic (exact) mass is 220 g/mol. The molecule has 16 heavy (non-hydrogen) atoms. The van der Waals surface area contributed by atoms with E-state index in [1.165, 1.54) is 37.2 Å². The molecule has 0 spiro atoms. The summed E-state index contributed by atoms with van der Waals surface area (Å²) in [6.45, 7) is 5.57. The van der Waals surface area contributed by atoms with Crippen molar-refractivity contribution in [2.24, 2.45) is 5.92 Å². The van der Waals surface area contributed by atoms with E-state index in [2.05, 4.69) is 27.3 Å². The number of aromatic nitrogens is 2. The molecule has 0 radical (unpaired) electrons.